The summed E-state index contributed by atoms with van der Waals surface area (Å²) in [5.74, 6) is 0.873. The van der Waals surface area contributed by atoms with Crippen LogP contribution < -0.4 is 0 Å². The molecule has 1 aromatic heterocycles. The molecule has 0 aliphatic heterocycles. The summed E-state index contributed by atoms with van der Waals surface area (Å²) in [6.45, 7) is 0. The molecule has 1 N–H and O–H groups in total. The molecule has 0 unspecified atom stereocenters. The molecule has 0 saturated carbocycles. The number of thioether (sulfide) groups is 1. The lowest BCUT2D eigenvalue weighted by atomic mass is 10.2. The normalized spacial score (nSPS) is 11.1. The predicted octanol–water partition coefficient (Wildman–Crippen LogP) is 5.27. The van der Waals surface area contributed by atoms with Gasteiger partial charge in [0.05, 0.1) is 11.0 Å². The van der Waals surface area contributed by atoms with Crippen molar-refractivity contribution in [3.63, 3.8) is 0 Å². The van der Waals surface area contributed by atoms with Gasteiger partial charge in [0.15, 0.2) is 5.16 Å². The van der Waals surface area contributed by atoms with Crippen molar-refractivity contribution >= 4 is 50.3 Å². The SMILES string of the molecule is Clc1ccc(CSc2nc3ccc(Br)cc3[nH]2)cc1. The number of halogens is 2. The molecule has 3 aromatic rings. The van der Waals surface area contributed by atoms with Gasteiger partial charge in [0.2, 0.25) is 0 Å². The molecule has 1 heterocycles. The third-order valence-electron chi connectivity index (χ3n) is 2.71. The van der Waals surface area contributed by atoms with Gasteiger partial charge in [0, 0.05) is 15.2 Å². The Bertz CT molecular complexity index is 709. The van der Waals surface area contributed by atoms with E-state index in [-0.39, 0.29) is 0 Å². The first-order valence-electron chi connectivity index (χ1n) is 5.73. The molecule has 0 bridgehead atoms. The molecular formula is C14H10BrClN2S. The highest BCUT2D eigenvalue weighted by atomic mass is 79.9. The Kier molecular flexibility index (Phi) is 3.82. The van der Waals surface area contributed by atoms with Crippen molar-refractivity contribution in [1.82, 2.24) is 9.97 Å². The molecular weight excluding hydrogens is 344 g/mol. The van der Waals surface area contributed by atoms with E-state index in [2.05, 4.69) is 25.9 Å². The van der Waals surface area contributed by atoms with Crippen molar-refractivity contribution in [2.75, 3.05) is 0 Å². The van der Waals surface area contributed by atoms with E-state index in [0.717, 1.165) is 31.4 Å². The lowest BCUT2D eigenvalue weighted by Crippen LogP contribution is -1.81. The molecule has 0 fully saturated rings. The minimum Gasteiger partial charge on any atom is -0.333 e. The Balaban J connectivity index is 1.76. The second kappa shape index (κ2) is 5.57. The topological polar surface area (TPSA) is 28.7 Å². The van der Waals surface area contributed by atoms with Gasteiger partial charge in [0.25, 0.3) is 0 Å². The number of aromatic nitrogens is 2. The molecule has 2 aromatic carbocycles. The van der Waals surface area contributed by atoms with Gasteiger partial charge in [-0.05, 0) is 35.9 Å². The minimum absolute atomic E-state index is 0.766. The number of H-pyrrole nitrogens is 1. The van der Waals surface area contributed by atoms with E-state index in [1.807, 2.05) is 42.5 Å². The standard InChI is InChI=1S/C14H10BrClN2S/c15-10-3-6-12-13(7-10)18-14(17-12)19-8-9-1-4-11(16)5-2-9/h1-7H,8H2,(H,17,18). The highest BCUT2D eigenvalue weighted by Gasteiger charge is 2.04. The van der Waals surface area contributed by atoms with Crippen LogP contribution in [0.5, 0.6) is 0 Å². The van der Waals surface area contributed by atoms with Crippen LogP contribution in [0.25, 0.3) is 11.0 Å². The third kappa shape index (κ3) is 3.14. The van der Waals surface area contributed by atoms with E-state index in [1.165, 1.54) is 5.56 Å². The van der Waals surface area contributed by atoms with Gasteiger partial charge < -0.3 is 4.98 Å². The van der Waals surface area contributed by atoms with Gasteiger partial charge in [-0.25, -0.2) is 4.98 Å². The Hall–Kier alpha value is -0.970. The Morgan fingerprint density at radius 1 is 1.16 bits per heavy atom. The van der Waals surface area contributed by atoms with Gasteiger partial charge in [0.1, 0.15) is 0 Å². The first-order chi connectivity index (χ1) is 9.20. The van der Waals surface area contributed by atoms with Crippen LogP contribution in [0.3, 0.4) is 0 Å². The fraction of sp³-hybridized carbons (Fsp3) is 0.0714. The number of fused-ring (bicyclic) bond motifs is 1. The van der Waals surface area contributed by atoms with Crippen LogP contribution in [-0.2, 0) is 5.75 Å². The zero-order valence-corrected chi connectivity index (χ0v) is 13.0. The maximum atomic E-state index is 5.87. The third-order valence-corrected chi connectivity index (χ3v) is 4.40. The van der Waals surface area contributed by atoms with Gasteiger partial charge in [-0.3, -0.25) is 0 Å². The number of nitrogens with zero attached hydrogens (tertiary/aromatic N) is 1. The fourth-order valence-corrected chi connectivity index (χ4v) is 3.09. The molecule has 2 nitrogen and oxygen atoms in total. The number of rotatable bonds is 3. The molecule has 0 atom stereocenters. The molecule has 19 heavy (non-hydrogen) atoms. The van der Waals surface area contributed by atoms with Crippen molar-refractivity contribution in [2.45, 2.75) is 10.9 Å². The van der Waals surface area contributed by atoms with Crippen LogP contribution in [0, 0.1) is 0 Å². The van der Waals surface area contributed by atoms with Crippen molar-refractivity contribution < 1.29 is 0 Å². The zero-order chi connectivity index (χ0) is 13.2. The average molecular weight is 354 g/mol. The molecule has 0 radical (unpaired) electrons. The average Bonchev–Trinajstić information content (AvgIpc) is 2.80. The molecule has 0 aliphatic rings. The molecule has 0 saturated heterocycles. The summed E-state index contributed by atoms with van der Waals surface area (Å²) in [5.41, 5.74) is 3.27. The summed E-state index contributed by atoms with van der Waals surface area (Å²) in [4.78, 5) is 7.86. The smallest absolute Gasteiger partial charge is 0.166 e. The summed E-state index contributed by atoms with van der Waals surface area (Å²) in [6.07, 6.45) is 0. The summed E-state index contributed by atoms with van der Waals surface area (Å²) < 4.78 is 1.05. The monoisotopic (exact) mass is 352 g/mol. The number of aromatic amines is 1. The van der Waals surface area contributed by atoms with Crippen LogP contribution in [0.15, 0.2) is 52.1 Å². The van der Waals surface area contributed by atoms with Crippen LogP contribution in [-0.4, -0.2) is 9.97 Å². The molecule has 3 rings (SSSR count). The predicted molar refractivity (Wildman–Crippen MR) is 84.8 cm³/mol. The number of imidazole rings is 1. The Labute approximate surface area is 128 Å². The summed E-state index contributed by atoms with van der Waals surface area (Å²) in [5, 5.41) is 1.70. The Morgan fingerprint density at radius 2 is 1.95 bits per heavy atom. The van der Waals surface area contributed by atoms with E-state index in [1.54, 1.807) is 11.8 Å². The molecule has 0 amide bonds. The first kappa shape index (κ1) is 13.0. The van der Waals surface area contributed by atoms with Crippen molar-refractivity contribution in [3.05, 3.63) is 57.5 Å². The van der Waals surface area contributed by atoms with Crippen LogP contribution in [0.2, 0.25) is 5.02 Å². The molecule has 96 valence electrons. The largest absolute Gasteiger partial charge is 0.333 e. The van der Waals surface area contributed by atoms with Crippen molar-refractivity contribution in [2.24, 2.45) is 0 Å². The Morgan fingerprint density at radius 3 is 2.74 bits per heavy atom. The van der Waals surface area contributed by atoms with E-state index < -0.39 is 0 Å². The number of hydrogen-bond donors (Lipinski definition) is 1. The lowest BCUT2D eigenvalue weighted by Gasteiger charge is -1.98. The summed E-state index contributed by atoms with van der Waals surface area (Å²) in [7, 11) is 0. The van der Waals surface area contributed by atoms with E-state index in [9.17, 15) is 0 Å². The van der Waals surface area contributed by atoms with E-state index in [0.29, 0.717) is 0 Å². The zero-order valence-electron chi connectivity index (χ0n) is 9.86. The van der Waals surface area contributed by atoms with Crippen LogP contribution in [0.1, 0.15) is 5.56 Å². The maximum absolute atomic E-state index is 5.87. The number of benzene rings is 2. The molecule has 0 aliphatic carbocycles. The number of nitrogens with one attached hydrogen (secondary N) is 1. The van der Waals surface area contributed by atoms with Gasteiger partial charge in [-0.1, -0.05) is 51.4 Å². The second-order valence-electron chi connectivity index (χ2n) is 4.12. The van der Waals surface area contributed by atoms with Crippen LogP contribution in [0.4, 0.5) is 0 Å². The molecule has 0 spiro atoms. The van der Waals surface area contributed by atoms with Crippen LogP contribution >= 0.6 is 39.3 Å². The van der Waals surface area contributed by atoms with Crippen molar-refractivity contribution in [3.8, 4) is 0 Å². The fourth-order valence-electron chi connectivity index (χ4n) is 1.76. The van der Waals surface area contributed by atoms with Gasteiger partial charge in [-0.15, -0.1) is 0 Å². The second-order valence-corrected chi connectivity index (χ2v) is 6.43. The first-order valence-corrected chi connectivity index (χ1v) is 7.89. The van der Waals surface area contributed by atoms with E-state index >= 15 is 0 Å². The van der Waals surface area contributed by atoms with E-state index in [4.69, 9.17) is 11.6 Å². The minimum atomic E-state index is 0.766. The van der Waals surface area contributed by atoms with Crippen molar-refractivity contribution in [1.29, 1.82) is 0 Å². The summed E-state index contributed by atoms with van der Waals surface area (Å²) >= 11 is 11.0. The highest BCUT2D eigenvalue weighted by molar-refractivity contribution is 9.10. The van der Waals surface area contributed by atoms with Gasteiger partial charge >= 0.3 is 0 Å². The van der Waals surface area contributed by atoms with Gasteiger partial charge in [-0.2, -0.15) is 0 Å². The highest BCUT2D eigenvalue weighted by Crippen LogP contribution is 2.25. The quantitative estimate of drug-likeness (QED) is 0.650. The lowest BCUT2D eigenvalue weighted by molar-refractivity contribution is 1.08. The summed E-state index contributed by atoms with van der Waals surface area (Å²) in [6, 6.07) is 13.9. The maximum Gasteiger partial charge on any atom is 0.166 e. The number of hydrogen-bond acceptors (Lipinski definition) is 2. The molecule has 5 heteroatoms.